The number of aliphatic hydroxyl groups is 1. The Bertz CT molecular complexity index is 688. The predicted molar refractivity (Wildman–Crippen MR) is 153 cm³/mol. The summed E-state index contributed by atoms with van der Waals surface area (Å²) in [5, 5.41) is 11.4. The number of hydrogen-bond acceptors (Lipinski definition) is 4. The monoisotopic (exact) mass is 505 g/mol. The van der Waals surface area contributed by atoms with Crippen LogP contribution in [0.5, 0.6) is 0 Å². The van der Waals surface area contributed by atoms with Crippen LogP contribution in [0, 0.1) is 17.3 Å². The molecule has 0 aromatic carbocycles. The fraction of sp³-hybridized carbons (Fsp3) is 0.938. The van der Waals surface area contributed by atoms with Gasteiger partial charge in [-0.1, -0.05) is 111 Å². The first-order chi connectivity index (χ1) is 16.9. The maximum Gasteiger partial charge on any atom is 0.331 e. The third-order valence-corrected chi connectivity index (χ3v) is 8.99. The van der Waals surface area contributed by atoms with E-state index in [2.05, 4.69) is 20.8 Å². The van der Waals surface area contributed by atoms with Crippen LogP contribution < -0.4 is 0 Å². The van der Waals surface area contributed by atoms with Gasteiger partial charge in [0.05, 0.1) is 0 Å². The van der Waals surface area contributed by atoms with E-state index in [0.29, 0.717) is 12.3 Å². The Kier molecular flexibility index (Phi) is 12.4. The molecule has 2 bridgehead atoms. The molecule has 1 N–H and O–H groups in total. The van der Waals surface area contributed by atoms with Crippen molar-refractivity contribution in [3.63, 3.8) is 0 Å². The SMILES string of the molecule is CCCCCCCCCCCCCCCC[C@H](N=C1C[C@H]2C[C@H](C2(C)C)[C@@]1(C)O)C(=O)OC(C)(C)C. The van der Waals surface area contributed by atoms with Crippen LogP contribution >= 0.6 is 0 Å². The Labute approximate surface area is 223 Å². The molecule has 0 unspecified atom stereocenters. The average molecular weight is 506 g/mol. The van der Waals surface area contributed by atoms with Gasteiger partial charge >= 0.3 is 5.97 Å². The summed E-state index contributed by atoms with van der Waals surface area (Å²) in [5.74, 6) is 0.545. The van der Waals surface area contributed by atoms with E-state index in [9.17, 15) is 9.90 Å². The summed E-state index contributed by atoms with van der Waals surface area (Å²) in [6.45, 7) is 14.4. The van der Waals surface area contributed by atoms with E-state index >= 15 is 0 Å². The molecular formula is C32H59NO3. The van der Waals surface area contributed by atoms with Crippen LogP contribution in [0.25, 0.3) is 0 Å². The normalized spacial score (nSPS) is 27.1. The zero-order chi connectivity index (χ0) is 26.8. The van der Waals surface area contributed by atoms with E-state index < -0.39 is 17.2 Å². The summed E-state index contributed by atoms with van der Waals surface area (Å²) in [4.78, 5) is 17.9. The molecule has 3 saturated carbocycles. The molecule has 210 valence electrons. The largest absolute Gasteiger partial charge is 0.458 e. The molecule has 4 atom stereocenters. The van der Waals surface area contributed by atoms with Gasteiger partial charge in [-0.25, -0.2) is 4.79 Å². The predicted octanol–water partition coefficient (Wildman–Crippen LogP) is 8.83. The van der Waals surface area contributed by atoms with Gasteiger partial charge < -0.3 is 9.84 Å². The standard InChI is InChI=1S/C32H59NO3/c1-8-9-10-11-12-13-14-15-16-17-18-19-20-21-22-26(29(34)36-30(2,3)4)33-28-24-25-23-27(31(25,5)6)32(28,7)35/h25-27,35H,8-24H2,1-7H3/t25-,26+,27-,32-/m1/s1. The second-order valence-electron chi connectivity index (χ2n) is 13.7. The van der Waals surface area contributed by atoms with Gasteiger partial charge in [0.1, 0.15) is 17.2 Å². The van der Waals surface area contributed by atoms with Crippen molar-refractivity contribution in [2.45, 2.75) is 175 Å². The molecule has 0 aromatic rings. The first-order valence-corrected chi connectivity index (χ1v) is 15.4. The molecule has 36 heavy (non-hydrogen) atoms. The lowest BCUT2D eigenvalue weighted by molar-refractivity contribution is -0.156. The van der Waals surface area contributed by atoms with Crippen molar-refractivity contribution >= 4 is 11.7 Å². The van der Waals surface area contributed by atoms with Crippen molar-refractivity contribution in [1.29, 1.82) is 0 Å². The summed E-state index contributed by atoms with van der Waals surface area (Å²) in [7, 11) is 0. The van der Waals surface area contributed by atoms with E-state index in [-0.39, 0.29) is 17.3 Å². The number of nitrogens with zero attached hydrogens (tertiary/aromatic N) is 1. The van der Waals surface area contributed by atoms with E-state index in [0.717, 1.165) is 31.4 Å². The Balaban J connectivity index is 1.73. The summed E-state index contributed by atoms with van der Waals surface area (Å²) >= 11 is 0. The van der Waals surface area contributed by atoms with Gasteiger partial charge in [0.15, 0.2) is 0 Å². The lowest BCUT2D eigenvalue weighted by atomic mass is 9.44. The highest BCUT2D eigenvalue weighted by atomic mass is 16.6. The van der Waals surface area contributed by atoms with E-state index in [1.54, 1.807) is 0 Å². The molecule has 3 aliphatic rings. The van der Waals surface area contributed by atoms with Gasteiger partial charge in [-0.05, 0) is 64.2 Å². The molecule has 4 nitrogen and oxygen atoms in total. The third-order valence-electron chi connectivity index (χ3n) is 8.99. The highest BCUT2D eigenvalue weighted by Crippen LogP contribution is 2.61. The van der Waals surface area contributed by atoms with Gasteiger partial charge in [-0.2, -0.15) is 0 Å². The van der Waals surface area contributed by atoms with Gasteiger partial charge in [0.25, 0.3) is 0 Å². The van der Waals surface area contributed by atoms with E-state index in [1.165, 1.54) is 77.0 Å². The Morgan fingerprint density at radius 3 is 1.81 bits per heavy atom. The topological polar surface area (TPSA) is 58.9 Å². The van der Waals surface area contributed by atoms with Crippen molar-refractivity contribution in [3.05, 3.63) is 0 Å². The molecule has 3 rings (SSSR count). The summed E-state index contributed by atoms with van der Waals surface area (Å²) in [6, 6.07) is -0.497. The van der Waals surface area contributed by atoms with Crippen LogP contribution in [0.15, 0.2) is 4.99 Å². The molecule has 0 saturated heterocycles. The molecular weight excluding hydrogens is 446 g/mol. The highest BCUT2D eigenvalue weighted by Gasteiger charge is 2.61. The molecule has 0 aliphatic heterocycles. The fourth-order valence-corrected chi connectivity index (χ4v) is 6.47. The minimum atomic E-state index is -0.923. The summed E-state index contributed by atoms with van der Waals surface area (Å²) < 4.78 is 5.73. The minimum Gasteiger partial charge on any atom is -0.458 e. The summed E-state index contributed by atoms with van der Waals surface area (Å²) in [5.41, 5.74) is -0.471. The van der Waals surface area contributed by atoms with Crippen molar-refractivity contribution in [1.82, 2.24) is 0 Å². The number of rotatable bonds is 17. The van der Waals surface area contributed by atoms with Gasteiger partial charge in [-0.3, -0.25) is 4.99 Å². The molecule has 3 fully saturated rings. The highest BCUT2D eigenvalue weighted by molar-refractivity contribution is 5.96. The lowest BCUT2D eigenvalue weighted by Crippen LogP contribution is -2.65. The van der Waals surface area contributed by atoms with Gasteiger partial charge in [0, 0.05) is 5.71 Å². The number of aliphatic imine (C=N–C) groups is 1. The van der Waals surface area contributed by atoms with Crippen LogP contribution in [0.2, 0.25) is 0 Å². The maximum atomic E-state index is 13.0. The number of fused-ring (bicyclic) bond motifs is 2. The van der Waals surface area contributed by atoms with Crippen molar-refractivity contribution in [3.8, 4) is 0 Å². The average Bonchev–Trinajstić information content (AvgIpc) is 2.77. The number of carbonyl (C=O) groups is 1. The van der Waals surface area contributed by atoms with E-state index in [4.69, 9.17) is 9.73 Å². The Morgan fingerprint density at radius 2 is 1.39 bits per heavy atom. The Morgan fingerprint density at radius 1 is 0.917 bits per heavy atom. The van der Waals surface area contributed by atoms with Crippen LogP contribution in [0.1, 0.15) is 158 Å². The first-order valence-electron chi connectivity index (χ1n) is 15.4. The van der Waals surface area contributed by atoms with Crippen LogP contribution in [0.3, 0.4) is 0 Å². The minimum absolute atomic E-state index is 0.151. The van der Waals surface area contributed by atoms with Crippen LogP contribution in [-0.4, -0.2) is 34.0 Å². The van der Waals surface area contributed by atoms with Gasteiger partial charge in [0.2, 0.25) is 0 Å². The molecule has 0 radical (unpaired) electrons. The number of carbonyl (C=O) groups excluding carboxylic acids is 1. The van der Waals surface area contributed by atoms with Gasteiger partial charge in [-0.15, -0.1) is 0 Å². The number of esters is 1. The molecule has 4 heteroatoms. The van der Waals surface area contributed by atoms with E-state index in [1.807, 2.05) is 27.7 Å². The molecule has 0 aromatic heterocycles. The maximum absolute atomic E-state index is 13.0. The smallest absolute Gasteiger partial charge is 0.331 e. The summed E-state index contributed by atoms with van der Waals surface area (Å²) in [6.07, 6.45) is 21.1. The zero-order valence-corrected chi connectivity index (χ0v) is 25.0. The zero-order valence-electron chi connectivity index (χ0n) is 25.0. The second kappa shape index (κ2) is 14.3. The first kappa shape index (κ1) is 31.3. The van der Waals surface area contributed by atoms with Crippen molar-refractivity contribution < 1.29 is 14.6 Å². The fourth-order valence-electron chi connectivity index (χ4n) is 6.47. The molecule has 0 amide bonds. The van der Waals surface area contributed by atoms with Crippen molar-refractivity contribution in [2.75, 3.05) is 0 Å². The number of hydrogen-bond donors (Lipinski definition) is 1. The second-order valence-corrected chi connectivity index (χ2v) is 13.7. The molecule has 0 spiro atoms. The quantitative estimate of drug-likeness (QED) is 0.159. The van der Waals surface area contributed by atoms with Crippen LogP contribution in [0.4, 0.5) is 0 Å². The molecule has 0 heterocycles. The lowest BCUT2D eigenvalue weighted by Gasteiger charge is -2.62. The number of unbranched alkanes of at least 4 members (excludes halogenated alkanes) is 13. The van der Waals surface area contributed by atoms with Crippen molar-refractivity contribution in [2.24, 2.45) is 22.2 Å². The number of ether oxygens (including phenoxy) is 1. The third kappa shape index (κ3) is 9.44. The Hall–Kier alpha value is -0.900. The van der Waals surface area contributed by atoms with Crippen LogP contribution in [-0.2, 0) is 9.53 Å². The molecule has 3 aliphatic carbocycles.